The second-order valence-electron chi connectivity index (χ2n) is 7.13. The third kappa shape index (κ3) is 4.76. The minimum absolute atomic E-state index is 0.0459. The second-order valence-corrected chi connectivity index (χ2v) is 7.13. The molecule has 4 heteroatoms. The molecular weight excluding hydrogens is 336 g/mol. The van der Waals surface area contributed by atoms with E-state index in [1.165, 1.54) is 16.8 Å². The molecule has 1 aliphatic heterocycles. The zero-order valence-corrected chi connectivity index (χ0v) is 16.3. The van der Waals surface area contributed by atoms with Crippen molar-refractivity contribution in [2.75, 3.05) is 31.1 Å². The van der Waals surface area contributed by atoms with E-state index >= 15 is 0 Å². The van der Waals surface area contributed by atoms with Gasteiger partial charge in [-0.2, -0.15) is 0 Å². The number of anilines is 1. The first-order valence-corrected chi connectivity index (χ1v) is 9.79. The van der Waals surface area contributed by atoms with Crippen LogP contribution < -0.4 is 4.90 Å². The average molecular weight is 364 g/mol. The molecule has 2 aromatic carbocycles. The van der Waals surface area contributed by atoms with Crippen LogP contribution in [0.4, 0.5) is 5.69 Å². The van der Waals surface area contributed by atoms with E-state index in [1.54, 1.807) is 0 Å². The molecule has 0 bridgehead atoms. The van der Waals surface area contributed by atoms with Gasteiger partial charge in [-0.3, -0.25) is 9.59 Å². The van der Waals surface area contributed by atoms with Crippen LogP contribution >= 0.6 is 0 Å². The Labute approximate surface area is 161 Å². The Morgan fingerprint density at radius 3 is 2.19 bits per heavy atom. The van der Waals surface area contributed by atoms with Crippen molar-refractivity contribution >= 4 is 17.4 Å². The third-order valence-corrected chi connectivity index (χ3v) is 5.34. The molecule has 3 rings (SSSR count). The molecule has 1 saturated heterocycles. The van der Waals surface area contributed by atoms with Crippen molar-refractivity contribution in [1.29, 1.82) is 0 Å². The van der Waals surface area contributed by atoms with Gasteiger partial charge in [0, 0.05) is 50.3 Å². The molecule has 0 spiro atoms. The lowest BCUT2D eigenvalue weighted by atomic mass is 10.0. The van der Waals surface area contributed by atoms with Gasteiger partial charge in [0.1, 0.15) is 0 Å². The van der Waals surface area contributed by atoms with Gasteiger partial charge >= 0.3 is 0 Å². The van der Waals surface area contributed by atoms with E-state index in [4.69, 9.17) is 0 Å². The van der Waals surface area contributed by atoms with Crippen molar-refractivity contribution < 1.29 is 9.59 Å². The van der Waals surface area contributed by atoms with Crippen molar-refractivity contribution in [2.45, 2.75) is 33.1 Å². The predicted molar refractivity (Wildman–Crippen MR) is 109 cm³/mol. The first-order chi connectivity index (χ1) is 13.1. The van der Waals surface area contributed by atoms with Crippen molar-refractivity contribution in [3.8, 4) is 0 Å². The second kappa shape index (κ2) is 8.85. The van der Waals surface area contributed by atoms with E-state index in [-0.39, 0.29) is 18.1 Å². The summed E-state index contributed by atoms with van der Waals surface area (Å²) < 4.78 is 0. The van der Waals surface area contributed by atoms with Crippen LogP contribution in [-0.4, -0.2) is 42.8 Å². The Kier molecular flexibility index (Phi) is 6.28. The molecule has 0 N–H and O–H groups in total. The summed E-state index contributed by atoms with van der Waals surface area (Å²) in [4.78, 5) is 29.1. The summed E-state index contributed by atoms with van der Waals surface area (Å²) in [5.74, 6) is 0.127. The van der Waals surface area contributed by atoms with Crippen LogP contribution in [0.3, 0.4) is 0 Å². The normalized spacial score (nSPS) is 14.3. The molecule has 0 unspecified atom stereocenters. The Balaban J connectivity index is 1.48. The number of rotatable bonds is 6. The van der Waals surface area contributed by atoms with Gasteiger partial charge in [-0.25, -0.2) is 0 Å². The van der Waals surface area contributed by atoms with Crippen molar-refractivity contribution in [3.63, 3.8) is 0 Å². The molecule has 27 heavy (non-hydrogen) atoms. The zero-order chi connectivity index (χ0) is 19.2. The highest BCUT2D eigenvalue weighted by Gasteiger charge is 2.22. The summed E-state index contributed by atoms with van der Waals surface area (Å²) in [7, 11) is 0. The first kappa shape index (κ1) is 19.2. The highest BCUT2D eigenvalue weighted by Crippen LogP contribution is 2.21. The van der Waals surface area contributed by atoms with Gasteiger partial charge in [-0.1, -0.05) is 49.4 Å². The van der Waals surface area contributed by atoms with Crippen LogP contribution in [0.1, 0.15) is 41.3 Å². The number of benzene rings is 2. The molecule has 0 atom stereocenters. The van der Waals surface area contributed by atoms with Crippen molar-refractivity contribution in [2.24, 2.45) is 0 Å². The van der Waals surface area contributed by atoms with E-state index in [1.807, 2.05) is 35.2 Å². The smallest absolute Gasteiger partial charge is 0.223 e. The average Bonchev–Trinajstić information content (AvgIpc) is 2.72. The number of piperazine rings is 1. The molecule has 0 saturated carbocycles. The first-order valence-electron chi connectivity index (χ1n) is 9.79. The van der Waals surface area contributed by atoms with Crippen LogP contribution in [0, 0.1) is 6.92 Å². The van der Waals surface area contributed by atoms with Crippen molar-refractivity contribution in [3.05, 3.63) is 65.2 Å². The monoisotopic (exact) mass is 364 g/mol. The number of carbonyl (C=O) groups is 2. The number of hydrogen-bond donors (Lipinski definition) is 0. The minimum atomic E-state index is 0.0459. The van der Waals surface area contributed by atoms with Crippen molar-refractivity contribution in [1.82, 2.24) is 4.90 Å². The number of Topliss-reactive ketones (excluding diaryl/α,β-unsaturated/α-hetero) is 1. The Bertz CT molecular complexity index is 790. The standard InChI is InChI=1S/C23H28N2O2/c1-3-19-8-10-20(11-9-19)22(26)12-13-23(27)25-16-14-24(15-17-25)21-7-5-4-6-18(21)2/h4-11H,3,12-17H2,1-2H3. The fourth-order valence-electron chi connectivity index (χ4n) is 3.56. The summed E-state index contributed by atoms with van der Waals surface area (Å²) in [6.07, 6.45) is 1.53. The third-order valence-electron chi connectivity index (χ3n) is 5.34. The number of aryl methyl sites for hydroxylation is 2. The molecule has 1 fully saturated rings. The highest BCUT2D eigenvalue weighted by molar-refractivity contribution is 5.98. The van der Waals surface area contributed by atoms with E-state index in [0.29, 0.717) is 25.1 Å². The Hall–Kier alpha value is -2.62. The lowest BCUT2D eigenvalue weighted by Crippen LogP contribution is -2.49. The maximum Gasteiger partial charge on any atom is 0.223 e. The van der Waals surface area contributed by atoms with E-state index < -0.39 is 0 Å². The maximum atomic E-state index is 12.5. The fourth-order valence-corrected chi connectivity index (χ4v) is 3.56. The molecule has 142 valence electrons. The van der Waals surface area contributed by atoms with Gasteiger partial charge in [-0.15, -0.1) is 0 Å². The van der Waals surface area contributed by atoms with Gasteiger partial charge in [0.15, 0.2) is 5.78 Å². The van der Waals surface area contributed by atoms with Crippen LogP contribution in [0.2, 0.25) is 0 Å². The summed E-state index contributed by atoms with van der Waals surface area (Å²) in [5.41, 5.74) is 4.42. The number of para-hydroxylation sites is 1. The number of carbonyl (C=O) groups excluding carboxylic acids is 2. The predicted octanol–water partition coefficient (Wildman–Crippen LogP) is 3.87. The molecule has 2 aromatic rings. The quantitative estimate of drug-likeness (QED) is 0.731. The summed E-state index contributed by atoms with van der Waals surface area (Å²) in [6, 6.07) is 16.1. The van der Waals surface area contributed by atoms with E-state index in [2.05, 4.69) is 36.9 Å². The molecule has 4 nitrogen and oxygen atoms in total. The molecule has 1 aliphatic rings. The molecule has 1 amide bonds. The molecule has 0 aromatic heterocycles. The molecule has 0 aliphatic carbocycles. The summed E-state index contributed by atoms with van der Waals surface area (Å²) in [6.45, 7) is 7.31. The van der Waals surface area contributed by atoms with Crippen LogP contribution in [0.5, 0.6) is 0 Å². The largest absolute Gasteiger partial charge is 0.368 e. The highest BCUT2D eigenvalue weighted by atomic mass is 16.2. The van der Waals surface area contributed by atoms with Gasteiger partial charge in [-0.05, 0) is 30.5 Å². The number of hydrogen-bond acceptors (Lipinski definition) is 3. The lowest BCUT2D eigenvalue weighted by molar-refractivity contribution is -0.131. The topological polar surface area (TPSA) is 40.6 Å². The number of ketones is 1. The molecular formula is C23H28N2O2. The zero-order valence-electron chi connectivity index (χ0n) is 16.3. The van der Waals surface area contributed by atoms with Gasteiger partial charge < -0.3 is 9.80 Å². The maximum absolute atomic E-state index is 12.5. The SMILES string of the molecule is CCc1ccc(C(=O)CCC(=O)N2CCN(c3ccccc3C)CC2)cc1. The van der Waals surface area contributed by atoms with Gasteiger partial charge in [0.2, 0.25) is 5.91 Å². The molecule has 1 heterocycles. The van der Waals surface area contributed by atoms with Gasteiger partial charge in [0.25, 0.3) is 0 Å². The Morgan fingerprint density at radius 1 is 0.889 bits per heavy atom. The minimum Gasteiger partial charge on any atom is -0.368 e. The summed E-state index contributed by atoms with van der Waals surface area (Å²) in [5, 5.41) is 0. The molecule has 0 radical (unpaired) electrons. The fraction of sp³-hybridized carbons (Fsp3) is 0.391. The van der Waals surface area contributed by atoms with Gasteiger partial charge in [0.05, 0.1) is 0 Å². The van der Waals surface area contributed by atoms with E-state index in [9.17, 15) is 9.59 Å². The van der Waals surface area contributed by atoms with E-state index in [0.717, 1.165) is 19.5 Å². The van der Waals surface area contributed by atoms with Crippen LogP contribution in [0.15, 0.2) is 48.5 Å². The van der Waals surface area contributed by atoms with Crippen LogP contribution in [0.25, 0.3) is 0 Å². The summed E-state index contributed by atoms with van der Waals surface area (Å²) >= 11 is 0. The number of nitrogens with zero attached hydrogens (tertiary/aromatic N) is 2. The lowest BCUT2D eigenvalue weighted by Gasteiger charge is -2.36. The number of amides is 1. The van der Waals surface area contributed by atoms with Crippen LogP contribution in [-0.2, 0) is 11.2 Å². The Morgan fingerprint density at radius 2 is 1.56 bits per heavy atom.